The first-order valence-electron chi connectivity index (χ1n) is 5.89. The molecule has 1 fully saturated rings. The highest BCUT2D eigenvalue weighted by Crippen LogP contribution is 2.44. The third-order valence-electron chi connectivity index (χ3n) is 3.53. The standard InChI is InChI=1S/C12H20BrN3/c1-5-8-11(13)9(16(4)15-8)7-14-10-6-12(10,2)3/h10,14H,5-7H2,1-4H3. The van der Waals surface area contributed by atoms with E-state index in [-0.39, 0.29) is 0 Å². The molecule has 1 aliphatic carbocycles. The third-order valence-corrected chi connectivity index (χ3v) is 4.45. The number of nitrogens with one attached hydrogen (secondary N) is 1. The number of hydrogen-bond donors (Lipinski definition) is 1. The van der Waals surface area contributed by atoms with E-state index in [2.05, 4.69) is 47.1 Å². The lowest BCUT2D eigenvalue weighted by Gasteiger charge is -2.07. The van der Waals surface area contributed by atoms with Crippen molar-refractivity contribution in [2.24, 2.45) is 12.5 Å². The number of halogens is 1. The Morgan fingerprint density at radius 2 is 2.19 bits per heavy atom. The molecule has 1 aromatic heterocycles. The van der Waals surface area contributed by atoms with Crippen LogP contribution in [0.15, 0.2) is 4.47 Å². The van der Waals surface area contributed by atoms with Crippen LogP contribution in [0.25, 0.3) is 0 Å². The van der Waals surface area contributed by atoms with Gasteiger partial charge < -0.3 is 5.32 Å². The summed E-state index contributed by atoms with van der Waals surface area (Å²) in [4.78, 5) is 0. The summed E-state index contributed by atoms with van der Waals surface area (Å²) in [5, 5.41) is 8.08. The second-order valence-electron chi connectivity index (χ2n) is 5.31. The van der Waals surface area contributed by atoms with Gasteiger partial charge in [0.15, 0.2) is 0 Å². The predicted molar refractivity (Wildman–Crippen MR) is 69.3 cm³/mol. The molecule has 1 atom stereocenters. The van der Waals surface area contributed by atoms with Crippen molar-refractivity contribution in [2.75, 3.05) is 0 Å². The van der Waals surface area contributed by atoms with Gasteiger partial charge in [0.2, 0.25) is 0 Å². The van der Waals surface area contributed by atoms with Crippen molar-refractivity contribution in [3.63, 3.8) is 0 Å². The van der Waals surface area contributed by atoms with Gasteiger partial charge in [0, 0.05) is 19.6 Å². The molecule has 16 heavy (non-hydrogen) atoms. The Kier molecular flexibility index (Phi) is 3.14. The first-order chi connectivity index (χ1) is 7.45. The van der Waals surface area contributed by atoms with E-state index in [1.54, 1.807) is 0 Å². The van der Waals surface area contributed by atoms with Crippen LogP contribution in [-0.4, -0.2) is 15.8 Å². The van der Waals surface area contributed by atoms with Crippen LogP contribution in [0.5, 0.6) is 0 Å². The molecule has 1 unspecified atom stereocenters. The molecule has 0 aliphatic heterocycles. The van der Waals surface area contributed by atoms with E-state index < -0.39 is 0 Å². The van der Waals surface area contributed by atoms with Crippen LogP contribution >= 0.6 is 15.9 Å². The summed E-state index contributed by atoms with van der Waals surface area (Å²) in [6, 6.07) is 0.666. The monoisotopic (exact) mass is 285 g/mol. The molecular weight excluding hydrogens is 266 g/mol. The lowest BCUT2D eigenvalue weighted by atomic mass is 10.2. The fourth-order valence-electron chi connectivity index (χ4n) is 2.05. The maximum atomic E-state index is 4.49. The Hall–Kier alpha value is -0.350. The zero-order chi connectivity index (χ0) is 11.9. The van der Waals surface area contributed by atoms with Crippen molar-refractivity contribution in [2.45, 2.75) is 46.2 Å². The lowest BCUT2D eigenvalue weighted by Crippen LogP contribution is -2.21. The Morgan fingerprint density at radius 3 is 2.62 bits per heavy atom. The zero-order valence-electron chi connectivity index (χ0n) is 10.5. The molecule has 0 radical (unpaired) electrons. The van der Waals surface area contributed by atoms with Crippen molar-refractivity contribution < 1.29 is 0 Å². The van der Waals surface area contributed by atoms with Crippen LogP contribution < -0.4 is 5.32 Å². The van der Waals surface area contributed by atoms with Crippen molar-refractivity contribution in [3.8, 4) is 0 Å². The van der Waals surface area contributed by atoms with Gasteiger partial charge in [-0.2, -0.15) is 5.10 Å². The second kappa shape index (κ2) is 4.15. The molecule has 90 valence electrons. The maximum Gasteiger partial charge on any atom is 0.0767 e. The quantitative estimate of drug-likeness (QED) is 0.922. The molecule has 0 aromatic carbocycles. The molecule has 0 saturated heterocycles. The Labute approximate surface area is 106 Å². The van der Waals surface area contributed by atoms with Crippen LogP contribution in [0, 0.1) is 5.41 Å². The van der Waals surface area contributed by atoms with Gasteiger partial charge in [-0.3, -0.25) is 4.68 Å². The minimum Gasteiger partial charge on any atom is -0.308 e. The van der Waals surface area contributed by atoms with E-state index in [9.17, 15) is 0 Å². The van der Waals surface area contributed by atoms with Crippen LogP contribution in [0.1, 0.15) is 38.6 Å². The highest BCUT2D eigenvalue weighted by atomic mass is 79.9. The Bertz CT molecular complexity index is 395. The number of rotatable bonds is 4. The molecule has 0 amide bonds. The van der Waals surface area contributed by atoms with Gasteiger partial charge in [-0.1, -0.05) is 20.8 Å². The first-order valence-corrected chi connectivity index (χ1v) is 6.68. The van der Waals surface area contributed by atoms with E-state index in [0.717, 1.165) is 18.7 Å². The summed E-state index contributed by atoms with van der Waals surface area (Å²) < 4.78 is 3.15. The molecule has 1 aromatic rings. The minimum atomic E-state index is 0.485. The van der Waals surface area contributed by atoms with Gasteiger partial charge >= 0.3 is 0 Å². The molecule has 1 heterocycles. The summed E-state index contributed by atoms with van der Waals surface area (Å²) in [5.41, 5.74) is 2.88. The third kappa shape index (κ3) is 2.18. The van der Waals surface area contributed by atoms with Crippen LogP contribution in [0.4, 0.5) is 0 Å². The van der Waals surface area contributed by atoms with E-state index in [1.165, 1.54) is 16.6 Å². The highest BCUT2D eigenvalue weighted by molar-refractivity contribution is 9.10. The molecule has 1 saturated carbocycles. The molecule has 0 spiro atoms. The smallest absolute Gasteiger partial charge is 0.0767 e. The van der Waals surface area contributed by atoms with Gasteiger partial charge in [0.1, 0.15) is 0 Å². The van der Waals surface area contributed by atoms with Gasteiger partial charge in [-0.15, -0.1) is 0 Å². The molecular formula is C12H20BrN3. The average Bonchev–Trinajstić information content (AvgIpc) is 2.72. The second-order valence-corrected chi connectivity index (χ2v) is 6.10. The van der Waals surface area contributed by atoms with Crippen molar-refractivity contribution in [1.29, 1.82) is 0 Å². The maximum absolute atomic E-state index is 4.49. The highest BCUT2D eigenvalue weighted by Gasteiger charge is 2.45. The molecule has 3 nitrogen and oxygen atoms in total. The minimum absolute atomic E-state index is 0.485. The lowest BCUT2D eigenvalue weighted by molar-refractivity contribution is 0.528. The van der Waals surface area contributed by atoms with Gasteiger partial charge in [-0.25, -0.2) is 0 Å². The topological polar surface area (TPSA) is 29.9 Å². The molecule has 2 rings (SSSR count). The number of aromatic nitrogens is 2. The zero-order valence-corrected chi connectivity index (χ0v) is 12.1. The summed E-state index contributed by atoms with van der Waals surface area (Å²) in [7, 11) is 2.01. The first kappa shape index (κ1) is 12.1. The van der Waals surface area contributed by atoms with Gasteiger partial charge in [-0.05, 0) is 34.2 Å². The van der Waals surface area contributed by atoms with Crippen LogP contribution in [0.2, 0.25) is 0 Å². The normalized spacial score (nSPS) is 22.4. The van der Waals surface area contributed by atoms with Crippen LogP contribution in [-0.2, 0) is 20.0 Å². The van der Waals surface area contributed by atoms with Gasteiger partial charge in [0.25, 0.3) is 0 Å². The summed E-state index contributed by atoms with van der Waals surface area (Å²) in [6.07, 6.45) is 2.26. The van der Waals surface area contributed by atoms with Crippen molar-refractivity contribution in [1.82, 2.24) is 15.1 Å². The van der Waals surface area contributed by atoms with Crippen molar-refractivity contribution >= 4 is 15.9 Å². The van der Waals surface area contributed by atoms with E-state index in [0.29, 0.717) is 11.5 Å². The average molecular weight is 286 g/mol. The molecule has 1 N–H and O–H groups in total. The SMILES string of the molecule is CCc1nn(C)c(CNC2CC2(C)C)c1Br. The van der Waals surface area contributed by atoms with E-state index in [1.807, 2.05) is 11.7 Å². The van der Waals surface area contributed by atoms with Crippen molar-refractivity contribution in [3.05, 3.63) is 15.9 Å². The fourth-order valence-corrected chi connectivity index (χ4v) is 2.80. The molecule has 0 bridgehead atoms. The summed E-state index contributed by atoms with van der Waals surface area (Å²) in [5.74, 6) is 0. The summed E-state index contributed by atoms with van der Waals surface area (Å²) >= 11 is 3.64. The predicted octanol–water partition coefficient (Wildman–Crippen LogP) is 2.63. The number of hydrogen-bond acceptors (Lipinski definition) is 2. The number of nitrogens with zero attached hydrogens (tertiary/aromatic N) is 2. The fraction of sp³-hybridized carbons (Fsp3) is 0.750. The largest absolute Gasteiger partial charge is 0.308 e. The molecule has 4 heteroatoms. The number of aryl methyl sites for hydroxylation is 2. The Balaban J connectivity index is 2.02. The Morgan fingerprint density at radius 1 is 1.56 bits per heavy atom. The summed E-state index contributed by atoms with van der Waals surface area (Å²) in [6.45, 7) is 7.65. The van der Waals surface area contributed by atoms with E-state index >= 15 is 0 Å². The van der Waals surface area contributed by atoms with Gasteiger partial charge in [0.05, 0.1) is 15.9 Å². The van der Waals surface area contributed by atoms with Crippen LogP contribution in [0.3, 0.4) is 0 Å². The van der Waals surface area contributed by atoms with E-state index in [4.69, 9.17) is 0 Å². The molecule has 1 aliphatic rings.